The van der Waals surface area contributed by atoms with Gasteiger partial charge in [0.15, 0.2) is 5.96 Å². The van der Waals surface area contributed by atoms with Gasteiger partial charge in [-0.15, -0.1) is 0 Å². The Labute approximate surface area is 140 Å². The van der Waals surface area contributed by atoms with E-state index < -0.39 is 0 Å². The molecule has 0 aliphatic carbocycles. The lowest BCUT2D eigenvalue weighted by Crippen LogP contribution is -2.40. The summed E-state index contributed by atoms with van der Waals surface area (Å²) in [6, 6.07) is 0. The summed E-state index contributed by atoms with van der Waals surface area (Å²) < 4.78 is 0.357. The van der Waals surface area contributed by atoms with E-state index in [2.05, 4.69) is 48.2 Å². The molecule has 2 N–H and O–H groups in total. The highest BCUT2D eigenvalue weighted by Crippen LogP contribution is 2.37. The van der Waals surface area contributed by atoms with Crippen LogP contribution in [-0.2, 0) is 0 Å². The maximum atomic E-state index is 4.83. The zero-order valence-corrected chi connectivity index (χ0v) is 15.5. The molecule has 0 saturated carbocycles. The van der Waals surface area contributed by atoms with Crippen molar-refractivity contribution in [3.8, 4) is 0 Å². The van der Waals surface area contributed by atoms with Gasteiger partial charge in [-0.1, -0.05) is 0 Å². The molecule has 0 aromatic carbocycles. The highest BCUT2D eigenvalue weighted by atomic mass is 32.2. The van der Waals surface area contributed by atoms with Gasteiger partial charge in [-0.25, -0.2) is 0 Å². The Bertz CT molecular complexity index is 345. The van der Waals surface area contributed by atoms with Crippen LogP contribution in [0.2, 0.25) is 0 Å². The predicted molar refractivity (Wildman–Crippen MR) is 98.9 cm³/mol. The Hall–Kier alpha value is -0.420. The minimum Gasteiger partial charge on any atom is -0.357 e. The van der Waals surface area contributed by atoms with Crippen LogP contribution in [0.4, 0.5) is 0 Å². The molecule has 0 amide bonds. The van der Waals surface area contributed by atoms with Gasteiger partial charge < -0.3 is 15.5 Å². The normalized spacial score (nSPS) is 28.0. The van der Waals surface area contributed by atoms with Gasteiger partial charge >= 0.3 is 0 Å². The van der Waals surface area contributed by atoms with Crippen LogP contribution < -0.4 is 10.6 Å². The molecule has 0 aromatic rings. The van der Waals surface area contributed by atoms with Crippen LogP contribution in [0.3, 0.4) is 0 Å². The number of likely N-dealkylation sites (tertiary alicyclic amines) is 1. The van der Waals surface area contributed by atoms with E-state index >= 15 is 0 Å². The van der Waals surface area contributed by atoms with Gasteiger partial charge in [0.25, 0.3) is 0 Å². The van der Waals surface area contributed by atoms with Gasteiger partial charge in [0.1, 0.15) is 0 Å². The molecule has 128 valence electrons. The van der Waals surface area contributed by atoms with E-state index in [1.54, 1.807) is 0 Å². The number of piperidine rings is 1. The maximum absolute atomic E-state index is 4.83. The monoisotopic (exact) mass is 326 g/mol. The van der Waals surface area contributed by atoms with Crippen LogP contribution in [0.15, 0.2) is 4.99 Å². The van der Waals surface area contributed by atoms with Crippen molar-refractivity contribution in [2.75, 3.05) is 45.5 Å². The lowest BCUT2D eigenvalue weighted by Gasteiger charge is -2.29. The van der Waals surface area contributed by atoms with Gasteiger partial charge in [0.05, 0.1) is 6.54 Å². The number of hydrogen-bond donors (Lipinski definition) is 2. The molecule has 0 radical (unpaired) electrons. The first-order chi connectivity index (χ1) is 10.6. The second-order valence-electron chi connectivity index (χ2n) is 7.06. The number of guanidine groups is 1. The van der Waals surface area contributed by atoms with E-state index in [1.165, 1.54) is 50.9 Å². The lowest BCUT2D eigenvalue weighted by atomic mass is 9.94. The summed E-state index contributed by atoms with van der Waals surface area (Å²) in [7, 11) is 2.23. The van der Waals surface area contributed by atoms with E-state index in [-0.39, 0.29) is 0 Å². The SMILES string of the molecule is CCNC(=NCC1(C)CCCS1)NCCC1CCN(C)CC1. The number of aliphatic imine (C=N–C) groups is 1. The lowest BCUT2D eigenvalue weighted by molar-refractivity contribution is 0.213. The van der Waals surface area contributed by atoms with Crippen molar-refractivity contribution in [1.29, 1.82) is 0 Å². The van der Waals surface area contributed by atoms with E-state index in [4.69, 9.17) is 4.99 Å². The molecule has 1 atom stereocenters. The van der Waals surface area contributed by atoms with Gasteiger partial charge in [0.2, 0.25) is 0 Å². The summed E-state index contributed by atoms with van der Waals surface area (Å²) in [6.07, 6.45) is 6.61. The van der Waals surface area contributed by atoms with Crippen LogP contribution in [0.1, 0.15) is 46.0 Å². The Morgan fingerprint density at radius 1 is 1.32 bits per heavy atom. The summed E-state index contributed by atoms with van der Waals surface area (Å²) in [5.74, 6) is 3.19. The van der Waals surface area contributed by atoms with Crippen LogP contribution in [-0.4, -0.2) is 61.1 Å². The topological polar surface area (TPSA) is 39.7 Å². The van der Waals surface area contributed by atoms with Crippen molar-refractivity contribution in [3.63, 3.8) is 0 Å². The van der Waals surface area contributed by atoms with Gasteiger partial charge in [0, 0.05) is 17.8 Å². The third-order valence-corrected chi connectivity index (χ3v) is 6.42. The summed E-state index contributed by atoms with van der Waals surface area (Å²) in [6.45, 7) is 9.93. The smallest absolute Gasteiger partial charge is 0.191 e. The average molecular weight is 327 g/mol. The molecule has 2 saturated heterocycles. The molecule has 2 heterocycles. The number of hydrogen-bond acceptors (Lipinski definition) is 3. The second-order valence-corrected chi connectivity index (χ2v) is 8.74. The van der Waals surface area contributed by atoms with Crippen molar-refractivity contribution in [1.82, 2.24) is 15.5 Å². The Balaban J connectivity index is 1.71. The summed E-state index contributed by atoms with van der Waals surface area (Å²) >= 11 is 2.08. The highest BCUT2D eigenvalue weighted by Gasteiger charge is 2.29. The molecular weight excluding hydrogens is 292 g/mol. The van der Waals surface area contributed by atoms with Crippen molar-refractivity contribution < 1.29 is 0 Å². The highest BCUT2D eigenvalue weighted by molar-refractivity contribution is 8.00. The van der Waals surface area contributed by atoms with Crippen molar-refractivity contribution >= 4 is 17.7 Å². The third kappa shape index (κ3) is 5.99. The molecule has 2 rings (SSSR count). The number of nitrogens with zero attached hydrogens (tertiary/aromatic N) is 2. The van der Waals surface area contributed by atoms with Crippen LogP contribution >= 0.6 is 11.8 Å². The first kappa shape index (κ1) is 17.9. The van der Waals surface area contributed by atoms with Gasteiger partial charge in [-0.05, 0) is 77.8 Å². The van der Waals surface area contributed by atoms with Crippen LogP contribution in [0.25, 0.3) is 0 Å². The number of thioether (sulfide) groups is 1. The number of nitrogens with one attached hydrogen (secondary N) is 2. The molecule has 4 nitrogen and oxygen atoms in total. The number of rotatable bonds is 6. The first-order valence-corrected chi connectivity index (χ1v) is 9.94. The minimum atomic E-state index is 0.357. The summed E-state index contributed by atoms with van der Waals surface area (Å²) in [5.41, 5.74) is 0. The van der Waals surface area contributed by atoms with Crippen molar-refractivity contribution in [2.45, 2.75) is 50.7 Å². The zero-order chi connectivity index (χ0) is 15.8. The molecular formula is C17H34N4S. The third-order valence-electron chi connectivity index (χ3n) is 4.90. The molecule has 0 spiro atoms. The summed E-state index contributed by atoms with van der Waals surface area (Å²) in [4.78, 5) is 7.27. The van der Waals surface area contributed by atoms with Gasteiger partial charge in [-0.2, -0.15) is 11.8 Å². The molecule has 22 heavy (non-hydrogen) atoms. The largest absolute Gasteiger partial charge is 0.357 e. The minimum absolute atomic E-state index is 0.357. The fourth-order valence-corrected chi connectivity index (χ4v) is 4.52. The predicted octanol–water partition coefficient (Wildman–Crippen LogP) is 2.56. The fraction of sp³-hybridized carbons (Fsp3) is 0.941. The Morgan fingerprint density at radius 3 is 2.73 bits per heavy atom. The Kier molecular flexibility index (Phi) is 7.35. The molecule has 2 aliphatic heterocycles. The van der Waals surface area contributed by atoms with Crippen molar-refractivity contribution in [2.24, 2.45) is 10.9 Å². The average Bonchev–Trinajstić information content (AvgIpc) is 2.94. The van der Waals surface area contributed by atoms with Gasteiger partial charge in [-0.3, -0.25) is 4.99 Å². The molecule has 1 unspecified atom stereocenters. The standard InChI is InChI=1S/C17H34N4S/c1-4-18-16(20-14-17(2)9-5-13-22-17)19-10-6-15-7-11-21(3)12-8-15/h15H,4-14H2,1-3H3,(H2,18,19,20). The second kappa shape index (κ2) is 9.02. The van der Waals surface area contributed by atoms with E-state index in [9.17, 15) is 0 Å². The first-order valence-electron chi connectivity index (χ1n) is 8.96. The molecule has 2 aliphatic rings. The maximum Gasteiger partial charge on any atom is 0.191 e. The van der Waals surface area contributed by atoms with Crippen LogP contribution in [0, 0.1) is 5.92 Å². The molecule has 0 bridgehead atoms. The van der Waals surface area contributed by atoms with E-state index in [0.717, 1.165) is 31.5 Å². The quantitative estimate of drug-likeness (QED) is 0.581. The van der Waals surface area contributed by atoms with Crippen molar-refractivity contribution in [3.05, 3.63) is 0 Å². The summed E-state index contributed by atoms with van der Waals surface area (Å²) in [5, 5.41) is 6.93. The zero-order valence-electron chi connectivity index (χ0n) is 14.7. The Morgan fingerprint density at radius 2 is 2.09 bits per heavy atom. The molecule has 5 heteroatoms. The van der Waals surface area contributed by atoms with E-state index in [0.29, 0.717) is 4.75 Å². The van der Waals surface area contributed by atoms with E-state index in [1.807, 2.05) is 0 Å². The molecule has 0 aromatic heterocycles. The molecule has 2 fully saturated rings. The van der Waals surface area contributed by atoms with Crippen LogP contribution in [0.5, 0.6) is 0 Å². The fourth-order valence-electron chi connectivity index (χ4n) is 3.30.